The molecule has 21 heavy (non-hydrogen) atoms. The number of hydrogen-bond donors (Lipinski definition) is 1. The van der Waals surface area contributed by atoms with Crippen LogP contribution in [-0.4, -0.2) is 21.0 Å². The second-order valence-electron chi connectivity index (χ2n) is 5.04. The number of halogens is 1. The SMILES string of the molecule is O=C1c2cc(Cl)ccc2CC1Sc1nc2ccccc2[nH]1. The zero-order valence-corrected chi connectivity index (χ0v) is 12.5. The lowest BCUT2D eigenvalue weighted by atomic mass is 10.1. The molecule has 1 aromatic heterocycles. The van der Waals surface area contributed by atoms with Crippen molar-refractivity contribution in [1.82, 2.24) is 9.97 Å². The Bertz CT molecular complexity index is 825. The predicted molar refractivity (Wildman–Crippen MR) is 85.2 cm³/mol. The van der Waals surface area contributed by atoms with Crippen LogP contribution in [0.1, 0.15) is 15.9 Å². The molecule has 1 heterocycles. The molecule has 0 radical (unpaired) electrons. The van der Waals surface area contributed by atoms with Gasteiger partial charge in [0.15, 0.2) is 10.9 Å². The number of H-pyrrole nitrogens is 1. The average Bonchev–Trinajstić information content (AvgIpc) is 3.01. The number of nitrogens with one attached hydrogen (secondary N) is 1. The highest BCUT2D eigenvalue weighted by molar-refractivity contribution is 8.00. The third-order valence-corrected chi connectivity index (χ3v) is 4.97. The van der Waals surface area contributed by atoms with Gasteiger partial charge in [-0.3, -0.25) is 4.79 Å². The van der Waals surface area contributed by atoms with Crippen molar-refractivity contribution in [3.05, 3.63) is 58.6 Å². The van der Waals surface area contributed by atoms with Gasteiger partial charge in [0.1, 0.15) is 0 Å². The predicted octanol–water partition coefficient (Wildman–Crippen LogP) is 4.12. The Hall–Kier alpha value is -1.78. The zero-order chi connectivity index (χ0) is 14.4. The number of benzene rings is 2. The second-order valence-corrected chi connectivity index (χ2v) is 6.66. The van der Waals surface area contributed by atoms with Gasteiger partial charge >= 0.3 is 0 Å². The summed E-state index contributed by atoms with van der Waals surface area (Å²) in [5.41, 5.74) is 3.73. The first-order valence-corrected chi connectivity index (χ1v) is 7.90. The van der Waals surface area contributed by atoms with Crippen molar-refractivity contribution in [2.75, 3.05) is 0 Å². The van der Waals surface area contributed by atoms with E-state index in [2.05, 4.69) is 9.97 Å². The van der Waals surface area contributed by atoms with E-state index in [4.69, 9.17) is 11.6 Å². The molecule has 0 spiro atoms. The molecular formula is C16H11ClN2OS. The minimum absolute atomic E-state index is 0.126. The number of rotatable bonds is 2. The number of Topliss-reactive ketones (excluding diaryl/α,β-unsaturated/α-hetero) is 1. The largest absolute Gasteiger partial charge is 0.333 e. The van der Waals surface area contributed by atoms with Gasteiger partial charge in [-0.15, -0.1) is 0 Å². The highest BCUT2D eigenvalue weighted by Gasteiger charge is 2.32. The standard InChI is InChI=1S/C16H11ClN2OS/c17-10-6-5-9-7-14(15(20)11(9)8-10)21-16-18-12-3-1-2-4-13(12)19-16/h1-6,8,14H,7H2,(H,18,19). The van der Waals surface area contributed by atoms with Gasteiger partial charge < -0.3 is 4.98 Å². The van der Waals surface area contributed by atoms with Crippen LogP contribution in [0.2, 0.25) is 5.02 Å². The number of ketones is 1. The summed E-state index contributed by atoms with van der Waals surface area (Å²) in [5, 5.41) is 1.27. The molecule has 3 aromatic rings. The van der Waals surface area contributed by atoms with Crippen LogP contribution >= 0.6 is 23.4 Å². The Balaban J connectivity index is 1.63. The van der Waals surface area contributed by atoms with Crippen molar-refractivity contribution >= 4 is 40.2 Å². The molecule has 1 N–H and O–H groups in total. The lowest BCUT2D eigenvalue weighted by molar-refractivity contribution is 0.1000. The van der Waals surface area contributed by atoms with Crippen molar-refractivity contribution < 1.29 is 4.79 Å². The fourth-order valence-corrected chi connectivity index (χ4v) is 3.90. The van der Waals surface area contributed by atoms with Crippen LogP contribution in [0.4, 0.5) is 0 Å². The summed E-state index contributed by atoms with van der Waals surface area (Å²) in [6.45, 7) is 0. The fraction of sp³-hybridized carbons (Fsp3) is 0.125. The highest BCUT2D eigenvalue weighted by atomic mass is 35.5. The Morgan fingerprint density at radius 2 is 2.10 bits per heavy atom. The summed E-state index contributed by atoms with van der Waals surface area (Å²) in [5.74, 6) is 0.137. The van der Waals surface area contributed by atoms with Crippen LogP contribution in [-0.2, 0) is 6.42 Å². The molecule has 0 bridgehead atoms. The minimum atomic E-state index is -0.126. The molecule has 4 rings (SSSR count). The van der Waals surface area contributed by atoms with Crippen molar-refractivity contribution in [3.8, 4) is 0 Å². The van der Waals surface area contributed by atoms with E-state index in [0.717, 1.165) is 33.7 Å². The van der Waals surface area contributed by atoms with Gasteiger partial charge in [-0.2, -0.15) is 0 Å². The van der Waals surface area contributed by atoms with Crippen LogP contribution in [0.25, 0.3) is 11.0 Å². The quantitative estimate of drug-likeness (QED) is 0.774. The minimum Gasteiger partial charge on any atom is -0.333 e. The Morgan fingerprint density at radius 1 is 1.24 bits per heavy atom. The molecule has 0 fully saturated rings. The summed E-state index contributed by atoms with van der Waals surface area (Å²) in [7, 11) is 0. The molecule has 1 aliphatic rings. The first kappa shape index (κ1) is 12.9. The molecule has 2 aromatic carbocycles. The van der Waals surface area contributed by atoms with E-state index >= 15 is 0 Å². The van der Waals surface area contributed by atoms with Gasteiger partial charge in [-0.25, -0.2) is 4.98 Å². The van der Waals surface area contributed by atoms with Crippen LogP contribution in [0.3, 0.4) is 0 Å². The number of carbonyl (C=O) groups is 1. The third kappa shape index (κ3) is 2.24. The Morgan fingerprint density at radius 3 is 2.95 bits per heavy atom. The van der Waals surface area contributed by atoms with E-state index in [9.17, 15) is 4.79 Å². The number of para-hydroxylation sites is 2. The van der Waals surface area contributed by atoms with E-state index < -0.39 is 0 Å². The molecule has 1 unspecified atom stereocenters. The smallest absolute Gasteiger partial charge is 0.176 e. The molecule has 1 atom stereocenters. The van der Waals surface area contributed by atoms with Crippen molar-refractivity contribution in [2.24, 2.45) is 0 Å². The number of thioether (sulfide) groups is 1. The summed E-state index contributed by atoms with van der Waals surface area (Å²) >= 11 is 7.46. The van der Waals surface area contributed by atoms with E-state index in [1.165, 1.54) is 11.8 Å². The molecular weight excluding hydrogens is 304 g/mol. The summed E-state index contributed by atoms with van der Waals surface area (Å²) in [6.07, 6.45) is 0.729. The number of imidazole rings is 1. The van der Waals surface area contributed by atoms with Gasteiger partial charge in [0.05, 0.1) is 16.3 Å². The van der Waals surface area contributed by atoms with Crippen molar-refractivity contribution in [3.63, 3.8) is 0 Å². The van der Waals surface area contributed by atoms with Crippen LogP contribution in [0, 0.1) is 0 Å². The van der Waals surface area contributed by atoms with Gasteiger partial charge in [0, 0.05) is 10.6 Å². The second kappa shape index (κ2) is 4.90. The van der Waals surface area contributed by atoms with E-state index in [1.54, 1.807) is 6.07 Å². The number of carbonyl (C=O) groups excluding carboxylic acids is 1. The first-order chi connectivity index (χ1) is 10.2. The summed E-state index contributed by atoms with van der Waals surface area (Å²) in [4.78, 5) is 20.2. The van der Waals surface area contributed by atoms with Crippen molar-refractivity contribution in [1.29, 1.82) is 0 Å². The van der Waals surface area contributed by atoms with Gasteiger partial charge in [-0.1, -0.05) is 41.6 Å². The fourth-order valence-electron chi connectivity index (χ4n) is 2.64. The lowest BCUT2D eigenvalue weighted by Gasteiger charge is -2.03. The molecule has 1 aliphatic carbocycles. The van der Waals surface area contributed by atoms with Crippen LogP contribution < -0.4 is 0 Å². The molecule has 0 amide bonds. The van der Waals surface area contributed by atoms with Gasteiger partial charge in [-0.05, 0) is 36.2 Å². The number of aromatic nitrogens is 2. The number of nitrogens with zero attached hydrogens (tertiary/aromatic N) is 1. The van der Waals surface area contributed by atoms with Crippen molar-refractivity contribution in [2.45, 2.75) is 16.8 Å². The maximum absolute atomic E-state index is 12.4. The van der Waals surface area contributed by atoms with Gasteiger partial charge in [0.2, 0.25) is 0 Å². The molecule has 5 heteroatoms. The summed E-state index contributed by atoms with van der Waals surface area (Å²) < 4.78 is 0. The maximum atomic E-state index is 12.4. The van der Waals surface area contributed by atoms with Crippen LogP contribution in [0.5, 0.6) is 0 Å². The normalized spacial score (nSPS) is 17.4. The van der Waals surface area contributed by atoms with E-state index in [0.29, 0.717) is 5.02 Å². The summed E-state index contributed by atoms with van der Waals surface area (Å²) in [6, 6.07) is 13.4. The number of aromatic amines is 1. The topological polar surface area (TPSA) is 45.8 Å². The average molecular weight is 315 g/mol. The Kier molecular flexibility index (Phi) is 3.01. The number of fused-ring (bicyclic) bond motifs is 2. The van der Waals surface area contributed by atoms with Gasteiger partial charge in [0.25, 0.3) is 0 Å². The molecule has 0 saturated heterocycles. The third-order valence-electron chi connectivity index (χ3n) is 3.66. The molecule has 0 saturated carbocycles. The zero-order valence-electron chi connectivity index (χ0n) is 11.0. The highest BCUT2D eigenvalue weighted by Crippen LogP contribution is 2.35. The monoisotopic (exact) mass is 314 g/mol. The molecule has 0 aliphatic heterocycles. The lowest BCUT2D eigenvalue weighted by Crippen LogP contribution is -2.11. The van der Waals surface area contributed by atoms with Crippen LogP contribution in [0.15, 0.2) is 47.6 Å². The maximum Gasteiger partial charge on any atom is 0.176 e. The molecule has 104 valence electrons. The first-order valence-electron chi connectivity index (χ1n) is 6.65. The van der Waals surface area contributed by atoms with E-state index in [-0.39, 0.29) is 11.0 Å². The van der Waals surface area contributed by atoms with E-state index in [1.807, 2.05) is 36.4 Å². The number of hydrogen-bond acceptors (Lipinski definition) is 3. The molecule has 3 nitrogen and oxygen atoms in total. The Labute approximate surface area is 130 Å².